The summed E-state index contributed by atoms with van der Waals surface area (Å²) in [6.45, 7) is 7.32. The molecule has 0 spiro atoms. The van der Waals surface area contributed by atoms with E-state index in [0.29, 0.717) is 23.2 Å². The Morgan fingerprint density at radius 3 is 2.92 bits per heavy atom. The van der Waals surface area contributed by atoms with Crippen molar-refractivity contribution in [2.45, 2.75) is 46.0 Å². The van der Waals surface area contributed by atoms with Crippen LogP contribution >= 0.6 is 23.2 Å². The van der Waals surface area contributed by atoms with Gasteiger partial charge in [-0.1, -0.05) is 42.6 Å². The van der Waals surface area contributed by atoms with E-state index in [4.69, 9.17) is 27.9 Å². The molecule has 0 unspecified atom stereocenters. The zero-order valence-electron chi connectivity index (χ0n) is 15.2. The summed E-state index contributed by atoms with van der Waals surface area (Å²) < 4.78 is 5.35. The molecule has 0 atom stereocenters. The molecule has 1 saturated heterocycles. The van der Waals surface area contributed by atoms with Crippen molar-refractivity contribution in [3.05, 3.63) is 23.0 Å². The lowest BCUT2D eigenvalue weighted by atomic mass is 10.2. The lowest BCUT2D eigenvalue weighted by molar-refractivity contribution is -0.133. The van der Waals surface area contributed by atoms with Crippen molar-refractivity contribution in [1.29, 1.82) is 0 Å². The van der Waals surface area contributed by atoms with Gasteiger partial charge in [-0.3, -0.25) is 4.79 Å². The molecule has 5 nitrogen and oxygen atoms in total. The molecule has 1 rings (SSSR count). The summed E-state index contributed by atoms with van der Waals surface area (Å²) in [5.74, 6) is 0.173. The molecule has 0 aromatic carbocycles. The molecule has 1 N–H and O–H groups in total. The van der Waals surface area contributed by atoms with Crippen LogP contribution in [0.2, 0.25) is 0 Å². The smallest absolute Gasteiger partial charge is 0.224 e. The molecule has 1 aliphatic rings. The molecule has 1 fully saturated rings. The Morgan fingerprint density at radius 2 is 2.20 bits per heavy atom. The molecule has 0 aromatic rings. The first-order valence-electron chi connectivity index (χ1n) is 8.90. The summed E-state index contributed by atoms with van der Waals surface area (Å²) in [6, 6.07) is 0. The number of rotatable bonds is 9. The molecule has 0 saturated carbocycles. The lowest BCUT2D eigenvalue weighted by Gasteiger charge is -2.25. The second kappa shape index (κ2) is 13.2. The highest BCUT2D eigenvalue weighted by Crippen LogP contribution is 2.14. The average molecular weight is 390 g/mol. The zero-order valence-corrected chi connectivity index (χ0v) is 16.7. The maximum atomic E-state index is 12.1. The van der Waals surface area contributed by atoms with E-state index in [2.05, 4.69) is 23.3 Å². The Labute approximate surface area is 161 Å². The van der Waals surface area contributed by atoms with Gasteiger partial charge in [0, 0.05) is 32.4 Å². The summed E-state index contributed by atoms with van der Waals surface area (Å²) in [6.07, 6.45) is 7.82. The number of aliphatic imine (C=N–C) groups is 1. The van der Waals surface area contributed by atoms with E-state index in [1.807, 2.05) is 4.90 Å². The molecule has 0 aliphatic carbocycles. The summed E-state index contributed by atoms with van der Waals surface area (Å²) in [4.78, 5) is 18.0. The van der Waals surface area contributed by atoms with Crippen LogP contribution in [0.4, 0.5) is 0 Å². The summed E-state index contributed by atoms with van der Waals surface area (Å²) in [5, 5.41) is 4.32. The maximum absolute atomic E-state index is 12.1. The van der Waals surface area contributed by atoms with Crippen molar-refractivity contribution in [1.82, 2.24) is 10.2 Å². The average Bonchev–Trinajstić information content (AvgIpc) is 2.57. The van der Waals surface area contributed by atoms with E-state index in [9.17, 15) is 4.79 Å². The Kier molecular flexibility index (Phi) is 11.6. The third kappa shape index (κ3) is 9.88. The van der Waals surface area contributed by atoms with E-state index in [0.717, 1.165) is 57.6 Å². The molecule has 0 bridgehead atoms. The summed E-state index contributed by atoms with van der Waals surface area (Å²) in [5.41, 5.74) is 0.859. The van der Waals surface area contributed by atoms with Crippen molar-refractivity contribution in [2.24, 2.45) is 4.99 Å². The van der Waals surface area contributed by atoms with Gasteiger partial charge in [-0.15, -0.1) is 0 Å². The standard InChI is InChI=1S/C18H29Cl2N3O2/c1-3-4-7-17(16(20)14-22-15(2)19)21-9-5-10-23-11-6-12-25-13-8-18(23)24/h7,14,21H,3-6,8-13H2,1-2H3/b16-14+,17-7-,22-15?. The first-order chi connectivity index (χ1) is 12.0. The van der Waals surface area contributed by atoms with Crippen LogP contribution in [0.5, 0.6) is 0 Å². The largest absolute Gasteiger partial charge is 0.384 e. The van der Waals surface area contributed by atoms with E-state index in [-0.39, 0.29) is 5.91 Å². The van der Waals surface area contributed by atoms with Crippen molar-refractivity contribution in [2.75, 3.05) is 32.8 Å². The Hall–Kier alpha value is -1.04. The normalized spacial score (nSPS) is 18.2. The Bertz CT molecular complexity index is 501. The molecular weight excluding hydrogens is 361 g/mol. The topological polar surface area (TPSA) is 53.9 Å². The molecule has 1 amide bonds. The van der Waals surface area contributed by atoms with Gasteiger partial charge in [0.1, 0.15) is 5.17 Å². The van der Waals surface area contributed by atoms with Crippen LogP contribution in [-0.2, 0) is 9.53 Å². The zero-order chi connectivity index (χ0) is 18.5. The van der Waals surface area contributed by atoms with Gasteiger partial charge in [0.15, 0.2) is 0 Å². The molecule has 142 valence electrons. The van der Waals surface area contributed by atoms with Gasteiger partial charge in [-0.05, 0) is 26.2 Å². The van der Waals surface area contributed by atoms with E-state index in [1.165, 1.54) is 0 Å². The van der Waals surface area contributed by atoms with Crippen LogP contribution in [0.25, 0.3) is 0 Å². The number of amides is 1. The van der Waals surface area contributed by atoms with Crippen LogP contribution in [0.15, 0.2) is 28.0 Å². The highest BCUT2D eigenvalue weighted by Gasteiger charge is 2.15. The Balaban J connectivity index is 2.49. The molecule has 0 aromatic heterocycles. The highest BCUT2D eigenvalue weighted by atomic mass is 35.5. The third-order valence-electron chi connectivity index (χ3n) is 3.70. The highest BCUT2D eigenvalue weighted by molar-refractivity contribution is 6.64. The summed E-state index contributed by atoms with van der Waals surface area (Å²) >= 11 is 12.0. The van der Waals surface area contributed by atoms with Crippen LogP contribution in [-0.4, -0.2) is 48.8 Å². The van der Waals surface area contributed by atoms with Crippen LogP contribution in [0, 0.1) is 0 Å². The van der Waals surface area contributed by atoms with Crippen LogP contribution in [0.3, 0.4) is 0 Å². The number of carbonyl (C=O) groups is 1. The number of allylic oxidation sites excluding steroid dienone is 2. The van der Waals surface area contributed by atoms with Gasteiger partial charge in [0.2, 0.25) is 5.91 Å². The fourth-order valence-corrected chi connectivity index (χ4v) is 2.63. The maximum Gasteiger partial charge on any atom is 0.224 e. The van der Waals surface area contributed by atoms with Gasteiger partial charge in [0.05, 0.1) is 23.8 Å². The first-order valence-corrected chi connectivity index (χ1v) is 9.65. The third-order valence-corrected chi connectivity index (χ3v) is 4.10. The number of hydrogen-bond donors (Lipinski definition) is 1. The van der Waals surface area contributed by atoms with E-state index in [1.54, 1.807) is 13.1 Å². The molecule has 1 heterocycles. The minimum absolute atomic E-state index is 0.173. The quantitative estimate of drug-likeness (QED) is 0.368. The number of nitrogens with zero attached hydrogens (tertiary/aromatic N) is 2. The number of halogens is 2. The van der Waals surface area contributed by atoms with Gasteiger partial charge in [0.25, 0.3) is 0 Å². The minimum atomic E-state index is 0.173. The Morgan fingerprint density at radius 1 is 1.40 bits per heavy atom. The number of nitrogens with one attached hydrogen (secondary N) is 1. The fourth-order valence-electron chi connectivity index (χ4n) is 2.39. The van der Waals surface area contributed by atoms with Gasteiger partial charge >= 0.3 is 0 Å². The fraction of sp³-hybridized carbons (Fsp3) is 0.667. The number of carbonyl (C=O) groups excluding carboxylic acids is 1. The molecule has 0 radical (unpaired) electrons. The lowest BCUT2D eigenvalue weighted by Crippen LogP contribution is -2.36. The second-order valence-corrected chi connectivity index (χ2v) is 6.84. The van der Waals surface area contributed by atoms with Crippen molar-refractivity contribution < 1.29 is 9.53 Å². The number of unbranched alkanes of at least 4 members (excludes halogenated alkanes) is 1. The molecule has 7 heteroatoms. The van der Waals surface area contributed by atoms with Crippen LogP contribution < -0.4 is 5.32 Å². The molecule has 25 heavy (non-hydrogen) atoms. The van der Waals surface area contributed by atoms with Gasteiger partial charge in [-0.2, -0.15) is 0 Å². The first kappa shape index (κ1) is 22.0. The minimum Gasteiger partial charge on any atom is -0.384 e. The number of ether oxygens (including phenoxy) is 1. The summed E-state index contributed by atoms with van der Waals surface area (Å²) in [7, 11) is 0. The molecule has 1 aliphatic heterocycles. The molecular formula is C18H29Cl2N3O2. The SMILES string of the molecule is CCC/C=C(NCCCN1CCCOCCC1=O)/C(Cl)=C\N=C(C)Cl. The monoisotopic (exact) mass is 389 g/mol. The van der Waals surface area contributed by atoms with Crippen molar-refractivity contribution in [3.63, 3.8) is 0 Å². The number of hydrogen-bond acceptors (Lipinski definition) is 4. The van der Waals surface area contributed by atoms with Gasteiger partial charge in [-0.25, -0.2) is 4.99 Å². The van der Waals surface area contributed by atoms with E-state index >= 15 is 0 Å². The van der Waals surface area contributed by atoms with Crippen LogP contribution in [0.1, 0.15) is 46.0 Å². The van der Waals surface area contributed by atoms with Crippen molar-refractivity contribution in [3.8, 4) is 0 Å². The second-order valence-electron chi connectivity index (χ2n) is 5.89. The van der Waals surface area contributed by atoms with Gasteiger partial charge < -0.3 is 15.0 Å². The predicted molar refractivity (Wildman–Crippen MR) is 105 cm³/mol. The predicted octanol–water partition coefficient (Wildman–Crippen LogP) is 4.03. The van der Waals surface area contributed by atoms with E-state index < -0.39 is 0 Å². The van der Waals surface area contributed by atoms with Crippen molar-refractivity contribution >= 4 is 34.3 Å².